The molecule has 12 heteroatoms. The minimum Gasteiger partial charge on any atom is -0.354 e. The number of nitrogens with zero attached hydrogens (tertiary/aromatic N) is 2. The number of nitrogens with one attached hydrogen (secondary N) is 1. The molecule has 0 spiro atoms. The van der Waals surface area contributed by atoms with Gasteiger partial charge in [0.2, 0.25) is 11.8 Å². The summed E-state index contributed by atoms with van der Waals surface area (Å²) in [5, 5.41) is 3.99. The number of hydrogen-bond donors (Lipinski definition) is 1. The average molecular weight is 722 g/mol. The van der Waals surface area contributed by atoms with E-state index in [1.165, 1.54) is 35.2 Å². The Labute approximate surface area is 290 Å². The number of unbranched alkanes of at least 4 members (excludes halogenated alkanes) is 1. The molecule has 0 aliphatic heterocycles. The number of halogens is 4. The second-order valence-electron chi connectivity index (χ2n) is 10.5. The van der Waals surface area contributed by atoms with Crippen LogP contribution in [-0.2, 0) is 32.6 Å². The fraction of sp³-hybridized carbons (Fsp3) is 0.235. The summed E-state index contributed by atoms with van der Waals surface area (Å²) in [4.78, 5) is 29.7. The summed E-state index contributed by atoms with van der Waals surface area (Å²) in [6, 6.07) is 25.2. The van der Waals surface area contributed by atoms with Crippen molar-refractivity contribution in [1.82, 2.24) is 10.2 Å². The third-order valence-corrected chi connectivity index (χ3v) is 10.4. The van der Waals surface area contributed by atoms with Gasteiger partial charge in [0.1, 0.15) is 12.6 Å². The first-order valence-electron chi connectivity index (χ1n) is 14.6. The van der Waals surface area contributed by atoms with Crippen molar-refractivity contribution in [2.45, 2.75) is 43.7 Å². The molecule has 1 N–H and O–H groups in total. The lowest BCUT2D eigenvalue weighted by molar-refractivity contribution is -0.140. The summed E-state index contributed by atoms with van der Waals surface area (Å²) in [5.74, 6) is -1.01. The Morgan fingerprint density at radius 2 is 1.48 bits per heavy atom. The Morgan fingerprint density at radius 1 is 0.804 bits per heavy atom. The van der Waals surface area contributed by atoms with E-state index in [9.17, 15) is 18.0 Å². The molecule has 0 aliphatic carbocycles. The second kappa shape index (κ2) is 16.5. The molecule has 1 unspecified atom stereocenters. The molecular weight excluding hydrogens is 688 g/mol. The molecule has 0 aliphatic rings. The molecular formula is C34H33Cl4N3O4S. The fourth-order valence-corrected chi connectivity index (χ4v) is 6.97. The molecule has 2 amide bonds. The fourth-order valence-electron chi connectivity index (χ4n) is 4.78. The predicted molar refractivity (Wildman–Crippen MR) is 186 cm³/mol. The number of hydrogen-bond acceptors (Lipinski definition) is 4. The molecule has 0 saturated heterocycles. The average Bonchev–Trinajstić information content (AvgIpc) is 3.04. The molecule has 0 aromatic heterocycles. The van der Waals surface area contributed by atoms with Crippen molar-refractivity contribution >= 4 is 73.9 Å². The Kier molecular flexibility index (Phi) is 12.8. The molecule has 46 heavy (non-hydrogen) atoms. The van der Waals surface area contributed by atoms with Crippen molar-refractivity contribution in [2.75, 3.05) is 17.4 Å². The van der Waals surface area contributed by atoms with Crippen molar-refractivity contribution < 1.29 is 18.0 Å². The van der Waals surface area contributed by atoms with Crippen LogP contribution in [0.15, 0.2) is 102 Å². The van der Waals surface area contributed by atoms with Gasteiger partial charge in [-0.25, -0.2) is 8.42 Å². The normalized spacial score (nSPS) is 11.9. The molecule has 1 atom stereocenters. The van der Waals surface area contributed by atoms with Gasteiger partial charge in [0.25, 0.3) is 10.0 Å². The van der Waals surface area contributed by atoms with Crippen LogP contribution in [0.25, 0.3) is 0 Å². The van der Waals surface area contributed by atoms with Gasteiger partial charge in [-0.3, -0.25) is 13.9 Å². The molecule has 4 aromatic rings. The minimum absolute atomic E-state index is 0.0284. The Morgan fingerprint density at radius 3 is 2.11 bits per heavy atom. The van der Waals surface area contributed by atoms with Gasteiger partial charge in [-0.05, 0) is 60.0 Å². The van der Waals surface area contributed by atoms with Gasteiger partial charge in [-0.15, -0.1) is 0 Å². The largest absolute Gasteiger partial charge is 0.354 e. The van der Waals surface area contributed by atoms with Crippen molar-refractivity contribution in [2.24, 2.45) is 0 Å². The van der Waals surface area contributed by atoms with E-state index in [0.717, 1.165) is 22.7 Å². The third kappa shape index (κ3) is 9.17. The van der Waals surface area contributed by atoms with Gasteiger partial charge in [-0.1, -0.05) is 114 Å². The van der Waals surface area contributed by atoms with Crippen LogP contribution < -0.4 is 9.62 Å². The lowest BCUT2D eigenvalue weighted by Gasteiger charge is -2.34. The molecule has 0 radical (unpaired) electrons. The van der Waals surface area contributed by atoms with Gasteiger partial charge in [0.15, 0.2) is 0 Å². The van der Waals surface area contributed by atoms with Crippen LogP contribution in [0.5, 0.6) is 0 Å². The van der Waals surface area contributed by atoms with E-state index in [1.807, 2.05) is 37.3 Å². The maximum absolute atomic E-state index is 14.5. The van der Waals surface area contributed by atoms with Crippen molar-refractivity contribution in [1.29, 1.82) is 0 Å². The molecule has 7 nitrogen and oxygen atoms in total. The number of amides is 2. The summed E-state index contributed by atoms with van der Waals surface area (Å²) in [6.45, 7) is 1.70. The van der Waals surface area contributed by atoms with Gasteiger partial charge in [-0.2, -0.15) is 0 Å². The number of carbonyl (C=O) groups excluding carboxylic acids is 2. The molecule has 0 fully saturated rings. The van der Waals surface area contributed by atoms with Crippen LogP contribution >= 0.6 is 46.4 Å². The highest BCUT2D eigenvalue weighted by molar-refractivity contribution is 7.92. The zero-order chi connectivity index (χ0) is 33.3. The zero-order valence-corrected chi connectivity index (χ0v) is 28.8. The molecule has 0 saturated carbocycles. The van der Waals surface area contributed by atoms with E-state index in [4.69, 9.17) is 46.4 Å². The minimum atomic E-state index is -4.28. The first-order chi connectivity index (χ1) is 22.0. The van der Waals surface area contributed by atoms with Crippen LogP contribution in [0.3, 0.4) is 0 Å². The molecule has 242 valence electrons. The summed E-state index contributed by atoms with van der Waals surface area (Å²) in [7, 11) is -4.28. The van der Waals surface area contributed by atoms with Crippen LogP contribution in [0.1, 0.15) is 30.9 Å². The summed E-state index contributed by atoms with van der Waals surface area (Å²) >= 11 is 25.2. The van der Waals surface area contributed by atoms with Crippen molar-refractivity contribution in [3.05, 3.63) is 128 Å². The topological polar surface area (TPSA) is 86.8 Å². The molecule has 4 rings (SSSR count). The van der Waals surface area contributed by atoms with E-state index >= 15 is 0 Å². The van der Waals surface area contributed by atoms with Crippen molar-refractivity contribution in [3.8, 4) is 0 Å². The van der Waals surface area contributed by atoms with Crippen molar-refractivity contribution in [3.63, 3.8) is 0 Å². The summed E-state index contributed by atoms with van der Waals surface area (Å²) < 4.78 is 29.1. The summed E-state index contributed by atoms with van der Waals surface area (Å²) in [5.41, 5.74) is 1.48. The molecule has 0 bridgehead atoms. The van der Waals surface area contributed by atoms with Crippen LogP contribution in [0.2, 0.25) is 20.1 Å². The van der Waals surface area contributed by atoms with Gasteiger partial charge in [0, 0.05) is 29.6 Å². The van der Waals surface area contributed by atoms with E-state index in [-0.39, 0.29) is 39.5 Å². The lowest BCUT2D eigenvalue weighted by Crippen LogP contribution is -2.53. The maximum atomic E-state index is 14.5. The van der Waals surface area contributed by atoms with Gasteiger partial charge in [0.05, 0.1) is 20.6 Å². The Hall–Kier alpha value is -3.27. The quantitative estimate of drug-likeness (QED) is 0.134. The smallest absolute Gasteiger partial charge is 0.264 e. The number of anilines is 1. The monoisotopic (exact) mass is 719 g/mol. The summed E-state index contributed by atoms with van der Waals surface area (Å²) in [6.07, 6.45) is 1.79. The lowest BCUT2D eigenvalue weighted by atomic mass is 10.0. The van der Waals surface area contributed by atoms with E-state index in [1.54, 1.807) is 36.4 Å². The number of carbonyl (C=O) groups is 2. The highest BCUT2D eigenvalue weighted by Crippen LogP contribution is 2.31. The molecule has 0 heterocycles. The Balaban J connectivity index is 1.82. The zero-order valence-electron chi connectivity index (χ0n) is 25.0. The second-order valence-corrected chi connectivity index (χ2v) is 14.1. The van der Waals surface area contributed by atoms with E-state index in [0.29, 0.717) is 22.2 Å². The Bertz CT molecular complexity index is 1760. The molecule has 4 aromatic carbocycles. The SMILES string of the molecule is CCCCNC(=O)C(Cc1ccccc1)N(Cc1ccc(Cl)cc1Cl)C(=O)CN(c1ccc(Cl)c(Cl)c1)S(=O)(=O)c1ccccc1. The van der Waals surface area contributed by atoms with E-state index < -0.39 is 28.5 Å². The first-order valence-corrected chi connectivity index (χ1v) is 17.5. The van der Waals surface area contributed by atoms with Crippen LogP contribution in [0, 0.1) is 0 Å². The standard InChI is InChI=1S/C34H33Cl4N3O4S/c1-2-3-18-39-34(43)32(19-24-10-6-4-7-11-24)40(22-25-14-15-26(35)20-30(25)37)33(42)23-41(27-16-17-29(36)31(38)21-27)46(44,45)28-12-8-5-9-13-28/h4-17,20-21,32H,2-3,18-19,22-23H2,1H3,(H,39,43). The predicted octanol–water partition coefficient (Wildman–Crippen LogP) is 8.05. The third-order valence-electron chi connectivity index (χ3n) is 7.26. The number of sulfonamides is 1. The number of rotatable bonds is 14. The maximum Gasteiger partial charge on any atom is 0.264 e. The number of benzene rings is 4. The van der Waals surface area contributed by atoms with Crippen LogP contribution in [-0.4, -0.2) is 44.3 Å². The van der Waals surface area contributed by atoms with Crippen LogP contribution in [0.4, 0.5) is 5.69 Å². The van der Waals surface area contributed by atoms with Gasteiger partial charge >= 0.3 is 0 Å². The van der Waals surface area contributed by atoms with E-state index in [2.05, 4.69) is 5.32 Å². The van der Waals surface area contributed by atoms with Gasteiger partial charge < -0.3 is 10.2 Å². The highest BCUT2D eigenvalue weighted by Gasteiger charge is 2.35. The highest BCUT2D eigenvalue weighted by atomic mass is 35.5. The first kappa shape index (κ1) is 35.6.